The van der Waals surface area contributed by atoms with E-state index in [-0.39, 0.29) is 11.2 Å². The zero-order valence-electron chi connectivity index (χ0n) is 16.9. The van der Waals surface area contributed by atoms with E-state index < -0.39 is 0 Å². The molecule has 0 unspecified atom stereocenters. The van der Waals surface area contributed by atoms with Crippen LogP contribution in [0.15, 0.2) is 53.4 Å². The van der Waals surface area contributed by atoms with Crippen molar-refractivity contribution in [1.82, 2.24) is 0 Å². The van der Waals surface area contributed by atoms with Crippen molar-refractivity contribution < 1.29 is 4.79 Å². The Morgan fingerprint density at radius 1 is 0.966 bits per heavy atom. The SMILES string of the molecule is C[C@@H](Sc1ccc(Cl)cc1)C(=O)Nc1ccc(C23CC4CC(CC(C4)C2)C3)cc1. The molecule has 4 aliphatic carbocycles. The zero-order valence-corrected chi connectivity index (χ0v) is 18.4. The fourth-order valence-electron chi connectivity index (χ4n) is 6.39. The Morgan fingerprint density at radius 2 is 1.52 bits per heavy atom. The highest BCUT2D eigenvalue weighted by molar-refractivity contribution is 8.00. The summed E-state index contributed by atoms with van der Waals surface area (Å²) >= 11 is 7.49. The highest BCUT2D eigenvalue weighted by Crippen LogP contribution is 2.60. The van der Waals surface area contributed by atoms with Crippen molar-refractivity contribution in [1.29, 1.82) is 0 Å². The number of carbonyl (C=O) groups excluding carboxylic acids is 1. The molecule has 4 saturated carbocycles. The van der Waals surface area contributed by atoms with Gasteiger partial charge in [-0.3, -0.25) is 4.79 Å². The minimum Gasteiger partial charge on any atom is -0.325 e. The summed E-state index contributed by atoms with van der Waals surface area (Å²) in [6.07, 6.45) is 8.53. The van der Waals surface area contributed by atoms with E-state index in [0.29, 0.717) is 10.4 Å². The van der Waals surface area contributed by atoms with Crippen LogP contribution in [0.2, 0.25) is 5.02 Å². The number of benzene rings is 2. The van der Waals surface area contributed by atoms with E-state index >= 15 is 0 Å². The standard InChI is InChI=1S/C25H28ClNOS/c1-16(29-23-8-4-21(26)5-9-23)24(28)27-22-6-2-20(3-7-22)25-13-17-10-18(14-25)12-19(11-17)15-25/h2-9,16-19H,10-15H2,1H3,(H,27,28)/t16-,17?,18?,19?,25?/m1/s1. The molecule has 2 nitrogen and oxygen atoms in total. The van der Waals surface area contributed by atoms with Crippen molar-refractivity contribution in [3.05, 3.63) is 59.1 Å². The van der Waals surface area contributed by atoms with Crippen molar-refractivity contribution in [3.8, 4) is 0 Å². The van der Waals surface area contributed by atoms with Crippen LogP contribution in [-0.2, 0) is 10.2 Å². The largest absolute Gasteiger partial charge is 0.325 e. The van der Waals surface area contributed by atoms with Gasteiger partial charge in [0, 0.05) is 15.6 Å². The molecule has 1 amide bonds. The second kappa shape index (κ2) is 7.67. The maximum absolute atomic E-state index is 12.6. The van der Waals surface area contributed by atoms with Gasteiger partial charge in [-0.1, -0.05) is 23.7 Å². The van der Waals surface area contributed by atoms with Gasteiger partial charge in [0.25, 0.3) is 0 Å². The van der Waals surface area contributed by atoms with Crippen LogP contribution < -0.4 is 5.32 Å². The number of anilines is 1. The van der Waals surface area contributed by atoms with Crippen LogP contribution >= 0.6 is 23.4 Å². The Balaban J connectivity index is 1.24. The zero-order chi connectivity index (χ0) is 20.0. The van der Waals surface area contributed by atoms with Crippen molar-refractivity contribution >= 4 is 35.0 Å². The summed E-state index contributed by atoms with van der Waals surface area (Å²) in [6.45, 7) is 1.94. The number of hydrogen-bond acceptors (Lipinski definition) is 2. The lowest BCUT2D eigenvalue weighted by molar-refractivity contribution is -0.115. The molecule has 2 aromatic carbocycles. The van der Waals surface area contributed by atoms with Crippen molar-refractivity contribution in [2.24, 2.45) is 17.8 Å². The summed E-state index contributed by atoms with van der Waals surface area (Å²) in [4.78, 5) is 13.7. The molecule has 4 fully saturated rings. The summed E-state index contributed by atoms with van der Waals surface area (Å²) in [5.41, 5.74) is 2.81. The summed E-state index contributed by atoms with van der Waals surface area (Å²) in [5, 5.41) is 3.63. The van der Waals surface area contributed by atoms with Crippen molar-refractivity contribution in [2.75, 3.05) is 5.32 Å². The molecule has 0 saturated heterocycles. The normalized spacial score (nSPS) is 30.9. The molecule has 0 aromatic heterocycles. The quantitative estimate of drug-likeness (QED) is 0.526. The molecular weight excluding hydrogens is 398 g/mol. The predicted octanol–water partition coefficient (Wildman–Crippen LogP) is 6.93. The van der Waals surface area contributed by atoms with Crippen LogP contribution in [0.4, 0.5) is 5.69 Å². The van der Waals surface area contributed by atoms with E-state index in [2.05, 4.69) is 29.6 Å². The highest BCUT2D eigenvalue weighted by atomic mass is 35.5. The van der Waals surface area contributed by atoms with Gasteiger partial charge in [0.2, 0.25) is 5.91 Å². The van der Waals surface area contributed by atoms with E-state index in [1.54, 1.807) is 11.8 Å². The Morgan fingerprint density at radius 3 is 2.07 bits per heavy atom. The Hall–Kier alpha value is -1.45. The summed E-state index contributed by atoms with van der Waals surface area (Å²) in [7, 11) is 0. The van der Waals surface area contributed by atoms with E-state index in [1.807, 2.05) is 31.2 Å². The van der Waals surface area contributed by atoms with E-state index in [1.165, 1.54) is 44.1 Å². The second-order valence-corrected chi connectivity index (χ2v) is 11.3. The average molecular weight is 426 g/mol. The van der Waals surface area contributed by atoms with E-state index in [9.17, 15) is 4.79 Å². The second-order valence-electron chi connectivity index (χ2n) is 9.48. The molecule has 0 aliphatic heterocycles. The van der Waals surface area contributed by atoms with Crippen LogP contribution in [0.1, 0.15) is 51.0 Å². The van der Waals surface area contributed by atoms with Gasteiger partial charge in [-0.05, 0) is 111 Å². The number of hydrogen-bond donors (Lipinski definition) is 1. The van der Waals surface area contributed by atoms with Gasteiger partial charge in [0.15, 0.2) is 0 Å². The number of carbonyl (C=O) groups is 1. The van der Waals surface area contributed by atoms with Crippen LogP contribution in [0.5, 0.6) is 0 Å². The van der Waals surface area contributed by atoms with Gasteiger partial charge >= 0.3 is 0 Å². The molecule has 29 heavy (non-hydrogen) atoms. The average Bonchev–Trinajstić information content (AvgIpc) is 2.69. The third kappa shape index (κ3) is 3.96. The van der Waals surface area contributed by atoms with Crippen molar-refractivity contribution in [2.45, 2.75) is 61.0 Å². The molecule has 0 spiro atoms. The first-order chi connectivity index (χ1) is 14.0. The van der Waals surface area contributed by atoms with Crippen LogP contribution in [0.3, 0.4) is 0 Å². The summed E-state index contributed by atoms with van der Waals surface area (Å²) in [6, 6.07) is 16.4. The lowest BCUT2D eigenvalue weighted by Crippen LogP contribution is -2.48. The maximum Gasteiger partial charge on any atom is 0.237 e. The van der Waals surface area contributed by atoms with Gasteiger partial charge in [0.05, 0.1) is 5.25 Å². The summed E-state index contributed by atoms with van der Waals surface area (Å²) in [5.74, 6) is 2.89. The number of thioether (sulfide) groups is 1. The van der Waals surface area contributed by atoms with Crippen LogP contribution in [0.25, 0.3) is 0 Å². The summed E-state index contributed by atoms with van der Waals surface area (Å²) < 4.78 is 0. The molecule has 0 heterocycles. The Bertz CT molecular complexity index is 857. The van der Waals surface area contributed by atoms with Crippen LogP contribution in [0, 0.1) is 17.8 Å². The Labute approximate surface area is 182 Å². The number of rotatable bonds is 5. The molecule has 4 bridgehead atoms. The fourth-order valence-corrected chi connectivity index (χ4v) is 7.38. The van der Waals surface area contributed by atoms with Gasteiger partial charge in [-0.2, -0.15) is 0 Å². The van der Waals surface area contributed by atoms with E-state index in [0.717, 1.165) is 28.3 Å². The van der Waals surface area contributed by atoms with Gasteiger partial charge in [0.1, 0.15) is 0 Å². The molecule has 4 heteroatoms. The lowest BCUT2D eigenvalue weighted by Gasteiger charge is -2.57. The topological polar surface area (TPSA) is 29.1 Å². The molecule has 0 radical (unpaired) electrons. The minimum absolute atomic E-state index is 0.0347. The monoisotopic (exact) mass is 425 g/mol. The first-order valence-electron chi connectivity index (χ1n) is 10.8. The number of amides is 1. The fraction of sp³-hybridized carbons (Fsp3) is 0.480. The van der Waals surface area contributed by atoms with Gasteiger partial charge in [-0.15, -0.1) is 11.8 Å². The Kier molecular flexibility index (Phi) is 5.16. The minimum atomic E-state index is -0.168. The molecule has 2 aromatic rings. The number of nitrogens with one attached hydrogen (secondary N) is 1. The first-order valence-corrected chi connectivity index (χ1v) is 12.1. The predicted molar refractivity (Wildman–Crippen MR) is 122 cm³/mol. The third-order valence-electron chi connectivity index (χ3n) is 7.30. The molecule has 152 valence electrons. The molecule has 1 N–H and O–H groups in total. The maximum atomic E-state index is 12.6. The highest BCUT2D eigenvalue weighted by Gasteiger charge is 2.51. The van der Waals surface area contributed by atoms with E-state index in [4.69, 9.17) is 11.6 Å². The van der Waals surface area contributed by atoms with Crippen LogP contribution in [-0.4, -0.2) is 11.2 Å². The van der Waals surface area contributed by atoms with Gasteiger partial charge < -0.3 is 5.32 Å². The molecule has 6 rings (SSSR count). The first kappa shape index (κ1) is 19.5. The van der Waals surface area contributed by atoms with Gasteiger partial charge in [-0.25, -0.2) is 0 Å². The van der Waals surface area contributed by atoms with Crippen molar-refractivity contribution in [3.63, 3.8) is 0 Å². The third-order valence-corrected chi connectivity index (χ3v) is 8.66. The molecular formula is C25H28ClNOS. The molecule has 4 aliphatic rings. The smallest absolute Gasteiger partial charge is 0.237 e. The number of halogens is 1. The molecule has 1 atom stereocenters. The lowest BCUT2D eigenvalue weighted by atomic mass is 9.48.